The fourth-order valence-electron chi connectivity index (χ4n) is 5.21. The standard InChI is InChI=1S/C26H34F4N4O2S/c1-19(2)17-31-9-11-32(12-10-31)22-5-4-6-23(16-22)37(35,36)34-14-13-33(18-20(34)3)25-8-7-21(27)15-24(25)26(28,29)30/h4-8,15-16,19-20H,9-14,17-18H2,1-3H3/t20-/m1/s1. The van der Waals surface area contributed by atoms with Gasteiger partial charge in [0.1, 0.15) is 5.82 Å². The summed E-state index contributed by atoms with van der Waals surface area (Å²) in [6, 6.07) is 8.91. The van der Waals surface area contributed by atoms with E-state index in [1.807, 2.05) is 6.07 Å². The van der Waals surface area contributed by atoms with Gasteiger partial charge in [0.2, 0.25) is 10.0 Å². The van der Waals surface area contributed by atoms with Crippen LogP contribution < -0.4 is 9.80 Å². The van der Waals surface area contributed by atoms with Gasteiger partial charge in [-0.15, -0.1) is 0 Å². The van der Waals surface area contributed by atoms with Gasteiger partial charge in [-0.1, -0.05) is 19.9 Å². The van der Waals surface area contributed by atoms with E-state index in [1.54, 1.807) is 25.1 Å². The Balaban J connectivity index is 1.48. The van der Waals surface area contributed by atoms with E-state index in [1.165, 1.54) is 9.21 Å². The Hall–Kier alpha value is -2.37. The number of anilines is 2. The first-order valence-corrected chi connectivity index (χ1v) is 14.0. The van der Waals surface area contributed by atoms with Crippen molar-refractivity contribution < 1.29 is 26.0 Å². The van der Waals surface area contributed by atoms with Gasteiger partial charge in [-0.25, -0.2) is 12.8 Å². The second-order valence-corrected chi connectivity index (χ2v) is 12.1. The molecule has 0 N–H and O–H groups in total. The van der Waals surface area contributed by atoms with Crippen LogP contribution in [0.2, 0.25) is 0 Å². The number of alkyl halides is 3. The Kier molecular flexibility index (Phi) is 8.06. The Morgan fingerprint density at radius 1 is 0.946 bits per heavy atom. The van der Waals surface area contributed by atoms with Crippen molar-refractivity contribution in [1.82, 2.24) is 9.21 Å². The molecule has 6 nitrogen and oxygen atoms in total. The van der Waals surface area contributed by atoms with Gasteiger partial charge in [0.05, 0.1) is 10.5 Å². The number of benzene rings is 2. The molecule has 2 aromatic rings. The molecule has 0 spiro atoms. The molecule has 4 rings (SSSR count). The molecule has 1 atom stereocenters. The van der Waals surface area contributed by atoms with Crippen molar-refractivity contribution in [1.29, 1.82) is 0 Å². The number of rotatable bonds is 6. The van der Waals surface area contributed by atoms with Crippen LogP contribution in [-0.4, -0.2) is 76.0 Å². The summed E-state index contributed by atoms with van der Waals surface area (Å²) < 4.78 is 82.6. The van der Waals surface area contributed by atoms with Crippen LogP contribution in [0.4, 0.5) is 28.9 Å². The number of hydrogen-bond acceptors (Lipinski definition) is 5. The highest BCUT2D eigenvalue weighted by atomic mass is 32.2. The van der Waals surface area contributed by atoms with Gasteiger partial charge in [0.25, 0.3) is 0 Å². The van der Waals surface area contributed by atoms with Gasteiger partial charge in [-0.2, -0.15) is 17.5 Å². The van der Waals surface area contributed by atoms with E-state index in [9.17, 15) is 26.0 Å². The minimum absolute atomic E-state index is 0.0241. The van der Waals surface area contributed by atoms with E-state index < -0.39 is 33.6 Å². The van der Waals surface area contributed by atoms with Crippen molar-refractivity contribution in [2.75, 3.05) is 62.2 Å². The third kappa shape index (κ3) is 6.21. The van der Waals surface area contributed by atoms with Crippen LogP contribution in [0.3, 0.4) is 0 Å². The predicted octanol–water partition coefficient (Wildman–Crippen LogP) is 4.52. The van der Waals surface area contributed by atoms with Crippen LogP contribution in [0.1, 0.15) is 26.3 Å². The molecule has 204 valence electrons. The number of nitrogens with zero attached hydrogens (tertiary/aromatic N) is 4. The maximum absolute atomic E-state index is 13.6. The molecule has 2 aromatic carbocycles. The van der Waals surface area contributed by atoms with Gasteiger partial charge in [-0.3, -0.25) is 4.90 Å². The molecule has 0 bridgehead atoms. The zero-order valence-corrected chi connectivity index (χ0v) is 22.2. The minimum Gasteiger partial charge on any atom is -0.369 e. The molecule has 0 aromatic heterocycles. The number of sulfonamides is 1. The number of piperazine rings is 2. The molecule has 2 aliphatic rings. The number of halogens is 4. The van der Waals surface area contributed by atoms with Crippen LogP contribution in [0.25, 0.3) is 0 Å². The molecular weight excluding hydrogens is 508 g/mol. The van der Waals surface area contributed by atoms with E-state index in [-0.39, 0.29) is 30.2 Å². The van der Waals surface area contributed by atoms with Crippen molar-refractivity contribution in [2.45, 2.75) is 37.9 Å². The monoisotopic (exact) mass is 542 g/mol. The fourth-order valence-corrected chi connectivity index (χ4v) is 6.86. The third-order valence-electron chi connectivity index (χ3n) is 6.96. The van der Waals surface area contributed by atoms with Crippen LogP contribution in [0.15, 0.2) is 47.4 Å². The van der Waals surface area contributed by atoms with E-state index in [0.717, 1.165) is 50.5 Å². The summed E-state index contributed by atoms with van der Waals surface area (Å²) in [5.41, 5.74) is -0.355. The van der Waals surface area contributed by atoms with Gasteiger partial charge in [0.15, 0.2) is 0 Å². The number of hydrogen-bond donors (Lipinski definition) is 0. The van der Waals surface area contributed by atoms with Crippen LogP contribution in [0.5, 0.6) is 0 Å². The topological polar surface area (TPSA) is 47.1 Å². The Morgan fingerprint density at radius 3 is 2.24 bits per heavy atom. The molecule has 0 unspecified atom stereocenters. The molecule has 0 amide bonds. The van der Waals surface area contributed by atoms with Crippen LogP contribution in [-0.2, 0) is 16.2 Å². The molecule has 2 heterocycles. The summed E-state index contributed by atoms with van der Waals surface area (Å²) in [5.74, 6) is -0.378. The highest BCUT2D eigenvalue weighted by Gasteiger charge is 2.39. The Bertz CT molecular complexity index is 1200. The fraction of sp³-hybridized carbons (Fsp3) is 0.538. The Morgan fingerprint density at radius 2 is 1.62 bits per heavy atom. The first-order valence-electron chi connectivity index (χ1n) is 12.6. The third-order valence-corrected chi connectivity index (χ3v) is 8.97. The van der Waals surface area contributed by atoms with Gasteiger partial charge in [-0.05, 0) is 49.2 Å². The lowest BCUT2D eigenvalue weighted by molar-refractivity contribution is -0.137. The van der Waals surface area contributed by atoms with Crippen LogP contribution in [0, 0.1) is 11.7 Å². The highest BCUT2D eigenvalue weighted by Crippen LogP contribution is 2.38. The molecule has 2 fully saturated rings. The van der Waals surface area contributed by atoms with Gasteiger partial charge in [0, 0.05) is 69.8 Å². The molecule has 37 heavy (non-hydrogen) atoms. The van der Waals surface area contributed by atoms with E-state index in [2.05, 4.69) is 23.6 Å². The van der Waals surface area contributed by atoms with Crippen molar-refractivity contribution in [3.05, 3.63) is 53.8 Å². The van der Waals surface area contributed by atoms with Crippen molar-refractivity contribution in [3.63, 3.8) is 0 Å². The van der Waals surface area contributed by atoms with E-state index in [4.69, 9.17) is 0 Å². The summed E-state index contributed by atoms with van der Waals surface area (Å²) in [4.78, 5) is 6.25. The van der Waals surface area contributed by atoms with Crippen molar-refractivity contribution in [3.8, 4) is 0 Å². The van der Waals surface area contributed by atoms with Crippen molar-refractivity contribution >= 4 is 21.4 Å². The maximum atomic E-state index is 13.6. The first kappa shape index (κ1) is 27.7. The average molecular weight is 543 g/mol. The smallest absolute Gasteiger partial charge is 0.369 e. The highest BCUT2D eigenvalue weighted by molar-refractivity contribution is 7.89. The molecule has 2 aliphatic heterocycles. The maximum Gasteiger partial charge on any atom is 0.418 e. The quantitative estimate of drug-likeness (QED) is 0.503. The summed E-state index contributed by atoms with van der Waals surface area (Å²) >= 11 is 0. The van der Waals surface area contributed by atoms with Gasteiger partial charge < -0.3 is 9.80 Å². The SMILES string of the molecule is CC(C)CN1CCN(c2cccc(S(=O)(=O)N3CCN(c4ccc(F)cc4C(F)(F)F)C[C@H]3C)c2)CC1. The van der Waals surface area contributed by atoms with Crippen molar-refractivity contribution in [2.24, 2.45) is 5.92 Å². The Labute approximate surface area is 216 Å². The second-order valence-electron chi connectivity index (χ2n) is 10.2. The summed E-state index contributed by atoms with van der Waals surface area (Å²) in [6.45, 7) is 10.7. The van der Waals surface area contributed by atoms with Crippen LogP contribution >= 0.6 is 0 Å². The second kappa shape index (κ2) is 10.8. The molecule has 0 saturated carbocycles. The molecular formula is C26H34F4N4O2S. The van der Waals surface area contributed by atoms with E-state index in [0.29, 0.717) is 12.0 Å². The molecule has 0 aliphatic carbocycles. The lowest BCUT2D eigenvalue weighted by Crippen LogP contribution is -2.54. The largest absolute Gasteiger partial charge is 0.418 e. The zero-order chi connectivity index (χ0) is 27.0. The molecule has 0 radical (unpaired) electrons. The average Bonchev–Trinajstić information content (AvgIpc) is 2.83. The zero-order valence-electron chi connectivity index (χ0n) is 21.4. The summed E-state index contributed by atoms with van der Waals surface area (Å²) in [5, 5.41) is 0. The lowest BCUT2D eigenvalue weighted by atomic mass is 10.1. The predicted molar refractivity (Wildman–Crippen MR) is 137 cm³/mol. The summed E-state index contributed by atoms with van der Waals surface area (Å²) in [7, 11) is -3.86. The van der Waals surface area contributed by atoms with E-state index >= 15 is 0 Å². The molecule has 2 saturated heterocycles. The molecule has 11 heteroatoms. The van der Waals surface area contributed by atoms with Gasteiger partial charge >= 0.3 is 6.18 Å². The minimum atomic E-state index is -4.72. The first-order chi connectivity index (χ1) is 17.4. The normalized spacial score (nSPS) is 20.6. The summed E-state index contributed by atoms with van der Waals surface area (Å²) in [6.07, 6.45) is -4.72. The lowest BCUT2D eigenvalue weighted by Gasteiger charge is -2.41.